The van der Waals surface area contributed by atoms with Gasteiger partial charge in [-0.2, -0.15) is 0 Å². The molecular weight excluding hydrogens is 306 g/mol. The van der Waals surface area contributed by atoms with Gasteiger partial charge in [0.05, 0.1) is 5.02 Å². The number of hydrogen-bond acceptors (Lipinski definition) is 2. The number of likely N-dealkylation sites (tertiary alicyclic amines) is 1. The first-order valence-electron chi connectivity index (χ1n) is 8.12. The average molecular weight is 332 g/mol. The van der Waals surface area contributed by atoms with Crippen LogP contribution in [0.4, 0.5) is 0 Å². The molecule has 2 heterocycles. The fourth-order valence-electron chi connectivity index (χ4n) is 3.03. The summed E-state index contributed by atoms with van der Waals surface area (Å²) in [6.45, 7) is 16.2. The van der Waals surface area contributed by atoms with Crippen LogP contribution in [-0.2, 0) is 6.42 Å². The fourth-order valence-corrected chi connectivity index (χ4v) is 3.46. The maximum Gasteiger partial charge on any atom is 0.0708 e. The molecule has 2 rings (SSSR count). The monoisotopic (exact) mass is 331 g/mol. The highest BCUT2D eigenvalue weighted by Crippen LogP contribution is 2.27. The predicted octanol–water partition coefficient (Wildman–Crippen LogP) is 3.25. The van der Waals surface area contributed by atoms with Crippen molar-refractivity contribution in [3.63, 3.8) is 0 Å². The van der Waals surface area contributed by atoms with E-state index in [2.05, 4.69) is 41.9 Å². The van der Waals surface area contributed by atoms with Gasteiger partial charge in [-0.3, -0.25) is 4.99 Å². The lowest BCUT2D eigenvalue weighted by Gasteiger charge is -2.42. The summed E-state index contributed by atoms with van der Waals surface area (Å²) in [5, 5.41) is 2.80. The lowest BCUT2D eigenvalue weighted by Crippen LogP contribution is -2.47. The highest BCUT2D eigenvalue weighted by atomic mass is 35.5. The number of aryl methyl sites for hydroxylation is 1. The topological polar surface area (TPSA) is 31.4 Å². The van der Waals surface area contributed by atoms with E-state index in [1.165, 1.54) is 11.3 Å². The zero-order valence-electron chi connectivity index (χ0n) is 14.3. The summed E-state index contributed by atoms with van der Waals surface area (Å²) in [6.07, 6.45) is 7.50. The Morgan fingerprint density at radius 3 is 2.70 bits per heavy atom. The Bertz CT molecular complexity index is 733. The minimum atomic E-state index is 0.637. The summed E-state index contributed by atoms with van der Waals surface area (Å²) in [5.74, 6) is 0.637. The standard InChI is InChI=1S/C19H26ClN3/c1-6-15(10-21-8-3)9-16-11-23(12-16)14(5)18-13(4)22-17(7-2)19(18)20/h6,8,10,16,22H,1,4,7,9,11-12H2,2-3,5H3/b15-10+,18-14-,21-8?. The van der Waals surface area contributed by atoms with Crippen molar-refractivity contribution in [2.75, 3.05) is 13.1 Å². The van der Waals surface area contributed by atoms with E-state index in [1.807, 2.05) is 19.2 Å². The number of nitrogens with zero attached hydrogens (tertiary/aromatic N) is 2. The van der Waals surface area contributed by atoms with Crippen molar-refractivity contribution in [3.8, 4) is 0 Å². The molecule has 1 N–H and O–H groups in total. The van der Waals surface area contributed by atoms with Crippen molar-refractivity contribution in [2.45, 2.75) is 33.6 Å². The summed E-state index contributed by atoms with van der Waals surface area (Å²) in [7, 11) is 0. The van der Waals surface area contributed by atoms with Crippen molar-refractivity contribution < 1.29 is 0 Å². The summed E-state index contributed by atoms with van der Waals surface area (Å²) >= 11 is 6.49. The van der Waals surface area contributed by atoms with E-state index in [0.717, 1.165) is 47.2 Å². The van der Waals surface area contributed by atoms with Crippen molar-refractivity contribution in [1.82, 2.24) is 9.88 Å². The quantitative estimate of drug-likeness (QED) is 0.629. The Morgan fingerprint density at radius 2 is 2.17 bits per heavy atom. The molecule has 1 aliphatic heterocycles. The van der Waals surface area contributed by atoms with Crippen molar-refractivity contribution in [3.05, 3.63) is 45.7 Å². The second kappa shape index (κ2) is 7.69. The Morgan fingerprint density at radius 1 is 1.48 bits per heavy atom. The second-order valence-electron chi connectivity index (χ2n) is 6.00. The van der Waals surface area contributed by atoms with Gasteiger partial charge in [-0.05, 0) is 38.2 Å². The van der Waals surface area contributed by atoms with Crippen LogP contribution in [0.3, 0.4) is 0 Å². The SMILES string of the molecule is C=C/C(=C\N=CC)CC1CN(/C(C)=c2\c(Cl)c(CC)[nH]c2=C)C1. The third-order valence-corrected chi connectivity index (χ3v) is 4.83. The van der Waals surface area contributed by atoms with Crippen LogP contribution in [0.15, 0.2) is 29.4 Å². The molecule has 0 bridgehead atoms. The van der Waals surface area contributed by atoms with E-state index in [4.69, 9.17) is 11.6 Å². The number of aromatic nitrogens is 1. The largest absolute Gasteiger partial charge is 0.374 e. The first-order chi connectivity index (χ1) is 11.0. The van der Waals surface area contributed by atoms with Crippen LogP contribution in [0, 0.1) is 5.92 Å². The van der Waals surface area contributed by atoms with Crippen molar-refractivity contribution in [1.29, 1.82) is 0 Å². The van der Waals surface area contributed by atoms with Crippen LogP contribution in [0.2, 0.25) is 5.02 Å². The van der Waals surface area contributed by atoms with E-state index in [-0.39, 0.29) is 0 Å². The molecule has 0 amide bonds. The Labute approximate surface area is 143 Å². The Kier molecular flexibility index (Phi) is 5.89. The molecule has 0 atom stereocenters. The lowest BCUT2D eigenvalue weighted by molar-refractivity contribution is 0.171. The van der Waals surface area contributed by atoms with E-state index < -0.39 is 0 Å². The summed E-state index contributed by atoms with van der Waals surface area (Å²) in [6, 6.07) is 0. The van der Waals surface area contributed by atoms with Gasteiger partial charge in [0.2, 0.25) is 0 Å². The van der Waals surface area contributed by atoms with Gasteiger partial charge in [-0.25, -0.2) is 0 Å². The highest BCUT2D eigenvalue weighted by Gasteiger charge is 2.27. The molecule has 1 saturated heterocycles. The van der Waals surface area contributed by atoms with Gasteiger partial charge >= 0.3 is 0 Å². The van der Waals surface area contributed by atoms with Gasteiger partial charge < -0.3 is 9.88 Å². The number of nitrogens with one attached hydrogen (secondary N) is 1. The maximum atomic E-state index is 6.49. The van der Waals surface area contributed by atoms with Crippen molar-refractivity contribution >= 4 is 30.1 Å². The van der Waals surface area contributed by atoms with Gasteiger partial charge in [-0.1, -0.05) is 37.8 Å². The molecule has 0 unspecified atom stereocenters. The fraction of sp³-hybridized carbons (Fsp3) is 0.421. The summed E-state index contributed by atoms with van der Waals surface area (Å²) in [5.41, 5.74) is 3.47. The highest BCUT2D eigenvalue weighted by molar-refractivity contribution is 6.31. The zero-order chi connectivity index (χ0) is 17.0. The second-order valence-corrected chi connectivity index (χ2v) is 6.38. The molecule has 1 aliphatic rings. The third-order valence-electron chi connectivity index (χ3n) is 4.41. The lowest BCUT2D eigenvalue weighted by atomic mass is 9.91. The molecular formula is C19H26ClN3. The molecule has 3 nitrogen and oxygen atoms in total. The van der Waals surface area contributed by atoms with Gasteiger partial charge in [0.25, 0.3) is 0 Å². The molecule has 0 radical (unpaired) electrons. The Balaban J connectivity index is 2.10. The number of H-pyrrole nitrogens is 1. The third kappa shape index (κ3) is 3.78. The van der Waals surface area contributed by atoms with E-state index in [9.17, 15) is 0 Å². The van der Waals surface area contributed by atoms with E-state index >= 15 is 0 Å². The summed E-state index contributed by atoms with van der Waals surface area (Å²) < 4.78 is 0. The molecule has 1 aromatic rings. The number of halogens is 1. The first kappa shape index (κ1) is 17.6. The first-order valence-corrected chi connectivity index (χ1v) is 8.49. The minimum Gasteiger partial charge on any atom is -0.374 e. The maximum absolute atomic E-state index is 6.49. The van der Waals surface area contributed by atoms with Gasteiger partial charge in [0.15, 0.2) is 0 Å². The number of rotatable bonds is 6. The number of aromatic amines is 1. The molecule has 0 saturated carbocycles. The number of aliphatic imine (C=N–C) groups is 1. The molecule has 124 valence electrons. The van der Waals surface area contributed by atoms with E-state index in [1.54, 1.807) is 6.21 Å². The molecule has 4 heteroatoms. The minimum absolute atomic E-state index is 0.637. The van der Waals surface area contributed by atoms with Crippen LogP contribution in [0.5, 0.6) is 0 Å². The van der Waals surface area contributed by atoms with Gasteiger partial charge in [0.1, 0.15) is 0 Å². The molecule has 1 fully saturated rings. The van der Waals surface area contributed by atoms with Crippen LogP contribution in [0.25, 0.3) is 12.3 Å². The molecule has 0 aromatic carbocycles. The van der Waals surface area contributed by atoms with Crippen LogP contribution >= 0.6 is 11.6 Å². The zero-order valence-corrected chi connectivity index (χ0v) is 15.1. The molecule has 0 spiro atoms. The van der Waals surface area contributed by atoms with Gasteiger partial charge in [0, 0.05) is 47.5 Å². The molecule has 23 heavy (non-hydrogen) atoms. The predicted molar refractivity (Wildman–Crippen MR) is 101 cm³/mol. The van der Waals surface area contributed by atoms with Gasteiger partial charge in [-0.15, -0.1) is 0 Å². The molecule has 1 aromatic heterocycles. The average Bonchev–Trinajstić information content (AvgIpc) is 2.79. The van der Waals surface area contributed by atoms with Crippen molar-refractivity contribution in [2.24, 2.45) is 10.9 Å². The van der Waals surface area contributed by atoms with Crippen LogP contribution < -0.4 is 10.6 Å². The number of hydrogen-bond donors (Lipinski definition) is 1. The number of allylic oxidation sites excluding steroid dienone is 2. The Hall–Kier alpha value is -1.74. The smallest absolute Gasteiger partial charge is 0.0708 e. The molecule has 0 aliphatic carbocycles. The normalized spacial score (nSPS) is 17.6. The summed E-state index contributed by atoms with van der Waals surface area (Å²) in [4.78, 5) is 9.85. The van der Waals surface area contributed by atoms with Crippen LogP contribution in [-0.4, -0.2) is 29.2 Å². The van der Waals surface area contributed by atoms with Crippen LogP contribution in [0.1, 0.15) is 32.9 Å². The van der Waals surface area contributed by atoms with E-state index in [0.29, 0.717) is 5.92 Å².